The highest BCUT2D eigenvalue weighted by atomic mass is 35.5. The van der Waals surface area contributed by atoms with Gasteiger partial charge < -0.3 is 14.6 Å². The second kappa shape index (κ2) is 7.93. The van der Waals surface area contributed by atoms with Gasteiger partial charge in [0.05, 0.1) is 22.5 Å². The van der Waals surface area contributed by atoms with E-state index in [9.17, 15) is 4.79 Å². The summed E-state index contributed by atoms with van der Waals surface area (Å²) in [5.41, 5.74) is 3.38. The highest BCUT2D eigenvalue weighted by Gasteiger charge is 2.13. The smallest absolute Gasteiger partial charge is 0.255 e. The molecule has 2 aromatic carbocycles. The van der Waals surface area contributed by atoms with E-state index in [1.807, 2.05) is 32.0 Å². The van der Waals surface area contributed by atoms with Crippen molar-refractivity contribution in [3.8, 4) is 5.75 Å². The predicted octanol–water partition coefficient (Wildman–Crippen LogP) is 5.32. The molecule has 1 N–H and O–H groups in total. The fourth-order valence-corrected chi connectivity index (χ4v) is 3.26. The summed E-state index contributed by atoms with van der Waals surface area (Å²) in [5, 5.41) is 8.19. The van der Waals surface area contributed by atoms with E-state index >= 15 is 0 Å². The first-order valence-electron chi connectivity index (χ1n) is 9.01. The number of nitrogens with one attached hydrogen (secondary N) is 1. The molecule has 0 aliphatic heterocycles. The largest absolute Gasteiger partial charge is 0.489 e. The molecule has 29 heavy (non-hydrogen) atoms. The average Bonchev–Trinajstić information content (AvgIpc) is 3.04. The van der Waals surface area contributed by atoms with Gasteiger partial charge in [0.25, 0.3) is 5.91 Å². The summed E-state index contributed by atoms with van der Waals surface area (Å²) in [6.07, 6.45) is 1.68. The van der Waals surface area contributed by atoms with Gasteiger partial charge in [0.15, 0.2) is 0 Å². The van der Waals surface area contributed by atoms with Crippen molar-refractivity contribution in [1.29, 1.82) is 0 Å². The van der Waals surface area contributed by atoms with Gasteiger partial charge in [0.2, 0.25) is 0 Å². The maximum atomic E-state index is 12.8. The van der Waals surface area contributed by atoms with Crippen LogP contribution >= 0.6 is 11.6 Å². The number of aromatic nitrogens is 2. The van der Waals surface area contributed by atoms with E-state index in [1.54, 1.807) is 36.5 Å². The SMILES string of the molecule is Cc1noc(C)c1COc1cccc(C(=O)Nc2cc(Cl)cc3cccnc23)c1. The van der Waals surface area contributed by atoms with Crippen LogP contribution in [0.5, 0.6) is 5.75 Å². The third kappa shape index (κ3) is 4.07. The van der Waals surface area contributed by atoms with E-state index in [4.69, 9.17) is 20.9 Å². The summed E-state index contributed by atoms with van der Waals surface area (Å²) in [7, 11) is 0. The summed E-state index contributed by atoms with van der Waals surface area (Å²) < 4.78 is 11.0. The van der Waals surface area contributed by atoms with Crippen molar-refractivity contribution in [3.05, 3.63) is 82.3 Å². The van der Waals surface area contributed by atoms with Crippen LogP contribution in [0.15, 0.2) is 59.3 Å². The molecule has 0 aliphatic carbocycles. The number of benzene rings is 2. The molecule has 146 valence electrons. The van der Waals surface area contributed by atoms with E-state index in [0.29, 0.717) is 34.1 Å². The Kier molecular flexibility index (Phi) is 5.18. The van der Waals surface area contributed by atoms with Gasteiger partial charge in [0.1, 0.15) is 18.1 Å². The molecule has 7 heteroatoms. The van der Waals surface area contributed by atoms with Crippen LogP contribution in [0.1, 0.15) is 27.4 Å². The minimum Gasteiger partial charge on any atom is -0.489 e. The first-order valence-corrected chi connectivity index (χ1v) is 9.39. The molecule has 0 atom stereocenters. The van der Waals surface area contributed by atoms with Crippen LogP contribution in [0.2, 0.25) is 5.02 Å². The number of carbonyl (C=O) groups excluding carboxylic acids is 1. The minimum absolute atomic E-state index is 0.276. The molecule has 6 nitrogen and oxygen atoms in total. The molecule has 1 amide bonds. The van der Waals surface area contributed by atoms with Gasteiger partial charge in [0, 0.05) is 22.2 Å². The molecule has 0 aliphatic rings. The van der Waals surface area contributed by atoms with Crippen LogP contribution < -0.4 is 10.1 Å². The van der Waals surface area contributed by atoms with Crippen molar-refractivity contribution in [2.24, 2.45) is 0 Å². The van der Waals surface area contributed by atoms with Gasteiger partial charge >= 0.3 is 0 Å². The van der Waals surface area contributed by atoms with Crippen molar-refractivity contribution < 1.29 is 14.1 Å². The molecule has 0 saturated carbocycles. The van der Waals surface area contributed by atoms with Gasteiger partial charge in [-0.25, -0.2) is 0 Å². The maximum absolute atomic E-state index is 12.8. The molecule has 0 bridgehead atoms. The van der Waals surface area contributed by atoms with Gasteiger partial charge in [-0.3, -0.25) is 9.78 Å². The number of hydrogen-bond donors (Lipinski definition) is 1. The Bertz CT molecular complexity index is 1180. The van der Waals surface area contributed by atoms with E-state index in [0.717, 1.165) is 22.4 Å². The summed E-state index contributed by atoms with van der Waals surface area (Å²) in [6.45, 7) is 4.02. The Labute approximate surface area is 172 Å². The first kappa shape index (κ1) is 19.0. The number of halogens is 1. The normalized spacial score (nSPS) is 10.9. The van der Waals surface area contributed by atoms with Gasteiger partial charge in [-0.05, 0) is 50.2 Å². The number of carbonyl (C=O) groups is 1. The maximum Gasteiger partial charge on any atom is 0.255 e. The number of amides is 1. The number of fused-ring (bicyclic) bond motifs is 1. The summed E-state index contributed by atoms with van der Waals surface area (Å²) in [4.78, 5) is 17.1. The second-order valence-electron chi connectivity index (χ2n) is 6.60. The first-order chi connectivity index (χ1) is 14.0. The summed E-state index contributed by atoms with van der Waals surface area (Å²) in [5.74, 6) is 1.02. The monoisotopic (exact) mass is 407 g/mol. The number of aryl methyl sites for hydroxylation is 2. The van der Waals surface area contributed by atoms with Crippen molar-refractivity contribution in [3.63, 3.8) is 0 Å². The highest BCUT2D eigenvalue weighted by molar-refractivity contribution is 6.32. The molecule has 0 saturated heterocycles. The Morgan fingerprint density at radius 3 is 2.83 bits per heavy atom. The average molecular weight is 408 g/mol. The minimum atomic E-state index is -0.276. The molecule has 0 unspecified atom stereocenters. The topological polar surface area (TPSA) is 77.2 Å². The molecular weight excluding hydrogens is 390 g/mol. The lowest BCUT2D eigenvalue weighted by molar-refractivity contribution is 0.102. The van der Waals surface area contributed by atoms with Crippen molar-refractivity contribution in [2.75, 3.05) is 5.32 Å². The zero-order valence-electron chi connectivity index (χ0n) is 15.9. The van der Waals surface area contributed by atoms with Crippen molar-refractivity contribution in [2.45, 2.75) is 20.5 Å². The molecule has 0 radical (unpaired) electrons. The number of anilines is 1. The van der Waals surface area contributed by atoms with Crippen LogP contribution in [0.4, 0.5) is 5.69 Å². The second-order valence-corrected chi connectivity index (χ2v) is 7.04. The predicted molar refractivity (Wildman–Crippen MR) is 111 cm³/mol. The fourth-order valence-electron chi connectivity index (χ4n) is 3.04. The number of rotatable bonds is 5. The van der Waals surface area contributed by atoms with E-state index < -0.39 is 0 Å². The summed E-state index contributed by atoms with van der Waals surface area (Å²) >= 11 is 6.18. The van der Waals surface area contributed by atoms with E-state index in [-0.39, 0.29) is 5.91 Å². The van der Waals surface area contributed by atoms with E-state index in [1.165, 1.54) is 0 Å². The lowest BCUT2D eigenvalue weighted by Gasteiger charge is -2.10. The number of ether oxygens (including phenoxy) is 1. The Morgan fingerprint density at radius 1 is 1.17 bits per heavy atom. The Hall–Kier alpha value is -3.38. The Balaban J connectivity index is 1.54. The lowest BCUT2D eigenvalue weighted by atomic mass is 10.1. The molecule has 2 aromatic heterocycles. The quantitative estimate of drug-likeness (QED) is 0.484. The van der Waals surface area contributed by atoms with Crippen LogP contribution in [-0.2, 0) is 6.61 Å². The number of hydrogen-bond acceptors (Lipinski definition) is 5. The van der Waals surface area contributed by atoms with Crippen LogP contribution in [-0.4, -0.2) is 16.0 Å². The third-order valence-corrected chi connectivity index (χ3v) is 4.80. The summed E-state index contributed by atoms with van der Waals surface area (Å²) in [6, 6.07) is 14.2. The number of pyridine rings is 1. The van der Waals surface area contributed by atoms with Gasteiger partial charge in [-0.15, -0.1) is 0 Å². The standard InChI is InChI=1S/C22H18ClN3O3/c1-13-19(14(2)29-26-13)12-28-18-7-3-5-16(10-18)22(27)25-20-11-17(23)9-15-6-4-8-24-21(15)20/h3-11H,12H2,1-2H3,(H,25,27). The van der Waals surface area contributed by atoms with Gasteiger partial charge in [-0.2, -0.15) is 0 Å². The molecule has 4 aromatic rings. The zero-order valence-corrected chi connectivity index (χ0v) is 16.7. The lowest BCUT2D eigenvalue weighted by Crippen LogP contribution is -2.12. The van der Waals surface area contributed by atoms with Crippen LogP contribution in [0.3, 0.4) is 0 Å². The van der Waals surface area contributed by atoms with Crippen LogP contribution in [0.25, 0.3) is 10.9 Å². The highest BCUT2D eigenvalue weighted by Crippen LogP contribution is 2.27. The molecule has 4 rings (SSSR count). The molecule has 2 heterocycles. The molecular formula is C22H18ClN3O3. The van der Waals surface area contributed by atoms with Crippen LogP contribution in [0, 0.1) is 13.8 Å². The molecule has 0 spiro atoms. The Morgan fingerprint density at radius 2 is 2.03 bits per heavy atom. The third-order valence-electron chi connectivity index (χ3n) is 4.58. The number of nitrogens with zero attached hydrogens (tertiary/aromatic N) is 2. The van der Waals surface area contributed by atoms with Crippen molar-refractivity contribution in [1.82, 2.24) is 10.1 Å². The van der Waals surface area contributed by atoms with E-state index in [2.05, 4.69) is 15.5 Å². The molecule has 0 fully saturated rings. The van der Waals surface area contributed by atoms with Crippen molar-refractivity contribution >= 4 is 34.1 Å². The zero-order chi connectivity index (χ0) is 20.4. The van der Waals surface area contributed by atoms with Gasteiger partial charge in [-0.1, -0.05) is 28.9 Å². The fraction of sp³-hybridized carbons (Fsp3) is 0.136.